The van der Waals surface area contributed by atoms with Gasteiger partial charge in [0, 0.05) is 17.9 Å². The van der Waals surface area contributed by atoms with Crippen molar-refractivity contribution in [2.75, 3.05) is 27.5 Å². The number of unbranched alkanes of at least 4 members (excludes halogenated alkanes) is 1. The van der Waals surface area contributed by atoms with E-state index in [9.17, 15) is 4.79 Å². The van der Waals surface area contributed by atoms with E-state index in [0.717, 1.165) is 72.5 Å². The zero-order chi connectivity index (χ0) is 21.8. The van der Waals surface area contributed by atoms with Crippen molar-refractivity contribution in [1.29, 1.82) is 0 Å². The number of rotatable bonds is 8. The lowest BCUT2D eigenvalue weighted by Crippen LogP contribution is -3.12. The number of aryl methyl sites for hydroxylation is 1. The molecule has 31 heavy (non-hydrogen) atoms. The number of methoxy groups -OCH3 is 2. The summed E-state index contributed by atoms with van der Waals surface area (Å²) in [7, 11) is 3.29. The van der Waals surface area contributed by atoms with Crippen LogP contribution in [0, 0.1) is 0 Å². The van der Waals surface area contributed by atoms with Gasteiger partial charge in [-0.2, -0.15) is 0 Å². The molecule has 0 aliphatic carbocycles. The Hall–Kier alpha value is -2.99. The molecule has 1 unspecified atom stereocenters. The highest BCUT2D eigenvalue weighted by Gasteiger charge is 2.25. The average molecular weight is 425 g/mol. The Bertz CT molecular complexity index is 1120. The van der Waals surface area contributed by atoms with Crippen LogP contribution >= 0.6 is 0 Å². The lowest BCUT2D eigenvalue weighted by atomic mass is 10.0. The summed E-state index contributed by atoms with van der Waals surface area (Å²) < 4.78 is 22.4. The molecule has 1 aromatic heterocycles. The maximum absolute atomic E-state index is 12.2. The van der Waals surface area contributed by atoms with E-state index in [0.29, 0.717) is 12.3 Å². The third-order valence-corrected chi connectivity index (χ3v) is 5.93. The zero-order valence-electron chi connectivity index (χ0n) is 18.5. The van der Waals surface area contributed by atoms with Crippen molar-refractivity contribution >= 4 is 11.0 Å². The Morgan fingerprint density at radius 1 is 1.03 bits per heavy atom. The van der Waals surface area contributed by atoms with Gasteiger partial charge in [0.15, 0.2) is 17.1 Å². The van der Waals surface area contributed by atoms with Gasteiger partial charge in [-0.15, -0.1) is 0 Å². The Morgan fingerprint density at radius 2 is 1.87 bits per heavy atom. The molecular formula is C25H30NO5+. The second-order valence-corrected chi connectivity index (χ2v) is 8.02. The van der Waals surface area contributed by atoms with Crippen molar-refractivity contribution < 1.29 is 23.5 Å². The van der Waals surface area contributed by atoms with Crippen LogP contribution in [0.25, 0.3) is 11.0 Å². The van der Waals surface area contributed by atoms with E-state index in [-0.39, 0.29) is 5.63 Å². The van der Waals surface area contributed by atoms with Gasteiger partial charge in [-0.25, -0.2) is 4.79 Å². The fourth-order valence-electron chi connectivity index (χ4n) is 4.20. The van der Waals surface area contributed by atoms with Crippen molar-refractivity contribution in [2.24, 2.45) is 0 Å². The highest BCUT2D eigenvalue weighted by atomic mass is 16.5. The highest BCUT2D eigenvalue weighted by molar-refractivity contribution is 5.85. The predicted octanol–water partition coefficient (Wildman–Crippen LogP) is 3.13. The first kappa shape index (κ1) is 21.2. The van der Waals surface area contributed by atoms with Gasteiger partial charge >= 0.3 is 5.63 Å². The molecule has 3 aromatic rings. The first-order valence-corrected chi connectivity index (χ1v) is 10.9. The molecule has 6 nitrogen and oxygen atoms in total. The molecule has 1 N–H and O–H groups in total. The molecule has 0 bridgehead atoms. The van der Waals surface area contributed by atoms with E-state index < -0.39 is 0 Å². The molecule has 0 spiro atoms. The minimum Gasteiger partial charge on any atom is -0.493 e. The average Bonchev–Trinajstić information content (AvgIpc) is 2.80. The van der Waals surface area contributed by atoms with Gasteiger partial charge in [0.05, 0.1) is 26.3 Å². The Balaban J connectivity index is 1.55. The molecule has 0 fully saturated rings. The number of ether oxygens (including phenoxy) is 3. The first-order chi connectivity index (χ1) is 15.1. The molecular weight excluding hydrogens is 394 g/mol. The third kappa shape index (κ3) is 4.54. The van der Waals surface area contributed by atoms with E-state index in [4.69, 9.17) is 18.6 Å². The van der Waals surface area contributed by atoms with Crippen LogP contribution in [0.3, 0.4) is 0 Å². The topological polar surface area (TPSA) is 62.3 Å². The van der Waals surface area contributed by atoms with Crippen LogP contribution in [0.4, 0.5) is 0 Å². The Labute approximate surface area is 182 Å². The van der Waals surface area contributed by atoms with E-state index in [2.05, 4.69) is 13.0 Å². The van der Waals surface area contributed by atoms with Crippen molar-refractivity contribution in [1.82, 2.24) is 0 Å². The number of hydrogen-bond acceptors (Lipinski definition) is 5. The summed E-state index contributed by atoms with van der Waals surface area (Å²) in [6, 6.07) is 11.7. The standard InChI is InChI=1S/C25H29NO5/c1-4-5-6-18-14-24(27)31-25-19(18)8-10-21-20(25)15-26(16-30-21)12-11-17-7-9-22(28-2)23(13-17)29-3/h7-10,13-14H,4-6,11-12,15-16H2,1-3H3/p+1. The summed E-state index contributed by atoms with van der Waals surface area (Å²) in [5.74, 6) is 2.29. The van der Waals surface area contributed by atoms with Gasteiger partial charge in [0.2, 0.25) is 6.73 Å². The molecule has 1 aliphatic rings. The monoisotopic (exact) mass is 424 g/mol. The highest BCUT2D eigenvalue weighted by Crippen LogP contribution is 2.31. The van der Waals surface area contributed by atoms with E-state index in [1.54, 1.807) is 20.3 Å². The summed E-state index contributed by atoms with van der Waals surface area (Å²) in [5.41, 5.74) is 3.63. The SMILES string of the molecule is CCCCc1cc(=O)oc2c3c(ccc12)OC[NH+](CCc1ccc(OC)c(OC)c1)C3. The molecule has 0 saturated carbocycles. The summed E-state index contributed by atoms with van der Waals surface area (Å²) in [5, 5.41) is 1.02. The van der Waals surface area contributed by atoms with Crippen molar-refractivity contribution in [3.05, 3.63) is 63.5 Å². The van der Waals surface area contributed by atoms with Crippen molar-refractivity contribution in [3.8, 4) is 17.2 Å². The fraction of sp³-hybridized carbons (Fsp3) is 0.400. The number of nitrogens with one attached hydrogen (secondary N) is 1. The van der Waals surface area contributed by atoms with Gasteiger partial charge in [-0.1, -0.05) is 19.4 Å². The van der Waals surface area contributed by atoms with E-state index >= 15 is 0 Å². The first-order valence-electron chi connectivity index (χ1n) is 10.9. The summed E-state index contributed by atoms with van der Waals surface area (Å²) in [6.45, 7) is 4.40. The van der Waals surface area contributed by atoms with Crippen molar-refractivity contribution in [3.63, 3.8) is 0 Å². The second-order valence-electron chi connectivity index (χ2n) is 8.02. The summed E-state index contributed by atoms with van der Waals surface area (Å²) in [4.78, 5) is 13.5. The number of benzene rings is 2. The van der Waals surface area contributed by atoms with Crippen LogP contribution in [-0.4, -0.2) is 27.5 Å². The maximum atomic E-state index is 12.2. The maximum Gasteiger partial charge on any atom is 0.336 e. The lowest BCUT2D eigenvalue weighted by Gasteiger charge is -2.26. The summed E-state index contributed by atoms with van der Waals surface area (Å²) >= 11 is 0. The molecule has 1 atom stereocenters. The third-order valence-electron chi connectivity index (χ3n) is 5.93. The Morgan fingerprint density at radius 3 is 2.65 bits per heavy atom. The van der Waals surface area contributed by atoms with Gasteiger partial charge in [0.1, 0.15) is 12.3 Å². The van der Waals surface area contributed by atoms with Crippen LogP contribution in [-0.2, 0) is 19.4 Å². The number of hydrogen-bond donors (Lipinski definition) is 1. The van der Waals surface area contributed by atoms with Crippen LogP contribution in [0.15, 0.2) is 45.6 Å². The largest absolute Gasteiger partial charge is 0.493 e. The zero-order valence-corrected chi connectivity index (χ0v) is 18.5. The molecule has 6 heteroatoms. The Kier molecular flexibility index (Phi) is 6.47. The number of fused-ring (bicyclic) bond motifs is 3. The van der Waals surface area contributed by atoms with Crippen molar-refractivity contribution in [2.45, 2.75) is 39.2 Å². The van der Waals surface area contributed by atoms with Crippen LogP contribution in [0.1, 0.15) is 36.5 Å². The summed E-state index contributed by atoms with van der Waals surface area (Å²) in [6.07, 6.45) is 3.90. The smallest absolute Gasteiger partial charge is 0.336 e. The molecule has 0 radical (unpaired) electrons. The minimum atomic E-state index is -0.288. The molecule has 0 saturated heterocycles. The minimum absolute atomic E-state index is 0.288. The second kappa shape index (κ2) is 9.43. The predicted molar refractivity (Wildman–Crippen MR) is 119 cm³/mol. The normalized spacial score (nSPS) is 15.4. The number of quaternary nitrogens is 1. The van der Waals surface area contributed by atoms with Gasteiger partial charge < -0.3 is 18.6 Å². The molecule has 1 aliphatic heterocycles. The molecule has 2 heterocycles. The van der Waals surface area contributed by atoms with Crippen LogP contribution < -0.4 is 24.7 Å². The quantitative estimate of drug-likeness (QED) is 0.563. The fourth-order valence-corrected chi connectivity index (χ4v) is 4.20. The van der Waals surface area contributed by atoms with Crippen LogP contribution in [0.5, 0.6) is 17.2 Å². The van der Waals surface area contributed by atoms with Gasteiger partial charge in [0.25, 0.3) is 0 Å². The lowest BCUT2D eigenvalue weighted by molar-refractivity contribution is -0.932. The van der Waals surface area contributed by atoms with E-state index in [1.165, 1.54) is 10.5 Å². The molecule has 164 valence electrons. The van der Waals surface area contributed by atoms with E-state index in [1.807, 2.05) is 24.3 Å². The van der Waals surface area contributed by atoms with Crippen LogP contribution in [0.2, 0.25) is 0 Å². The van der Waals surface area contributed by atoms with Gasteiger partial charge in [-0.05, 0) is 48.2 Å². The van der Waals surface area contributed by atoms with Gasteiger partial charge in [-0.3, -0.25) is 4.90 Å². The molecule has 4 rings (SSSR count). The molecule has 0 amide bonds. The molecule has 2 aromatic carbocycles.